The standard InChI is InChI=1S/C33H39N9O3/c34-18-25-7-4-14-42(25)29(43)19-37-28(20-5-2-1-3-6-20)17-33(32-38-40-41-39-32)26-12-10-23(30(35)44)15-21(26)8-9-22-16-24(31(36)45)11-13-27(22)33/h10-13,15-16,20,25,28,37H,1-9,14,17,19H2,(H2,35,44)(H2,36,45)(H,38,39,40,41)/t25-,28-/m0/s1. The number of hydrogen-bond acceptors (Lipinski definition) is 8. The van der Waals surface area contributed by atoms with E-state index < -0.39 is 23.3 Å². The number of tetrazole rings is 1. The number of benzene rings is 2. The zero-order valence-electron chi connectivity index (χ0n) is 25.3. The summed E-state index contributed by atoms with van der Waals surface area (Å²) in [6.45, 7) is 0.702. The number of carbonyl (C=O) groups excluding carboxylic acids is 3. The quantitative estimate of drug-likeness (QED) is 0.283. The molecule has 1 aliphatic heterocycles. The number of nitrogens with two attached hydrogens (primary N) is 2. The fourth-order valence-corrected chi connectivity index (χ4v) is 7.84. The molecule has 2 heterocycles. The highest BCUT2D eigenvalue weighted by molar-refractivity contribution is 5.94. The van der Waals surface area contributed by atoms with Gasteiger partial charge in [0.1, 0.15) is 6.04 Å². The molecule has 0 radical (unpaired) electrons. The maximum absolute atomic E-state index is 13.4. The highest BCUT2D eigenvalue weighted by Gasteiger charge is 2.47. The number of aromatic amines is 1. The molecule has 3 aromatic rings. The average molecular weight is 610 g/mol. The summed E-state index contributed by atoms with van der Waals surface area (Å²) in [7, 11) is 0. The molecule has 0 spiro atoms. The summed E-state index contributed by atoms with van der Waals surface area (Å²) in [6.07, 6.45) is 8.61. The van der Waals surface area contributed by atoms with Gasteiger partial charge in [-0.15, -0.1) is 10.2 Å². The Morgan fingerprint density at radius 1 is 0.978 bits per heavy atom. The molecule has 2 fully saturated rings. The second-order valence-corrected chi connectivity index (χ2v) is 12.6. The third-order valence-corrected chi connectivity index (χ3v) is 10.1. The van der Waals surface area contributed by atoms with Gasteiger partial charge in [0.05, 0.1) is 18.0 Å². The van der Waals surface area contributed by atoms with Gasteiger partial charge in [-0.25, -0.2) is 0 Å². The van der Waals surface area contributed by atoms with E-state index in [-0.39, 0.29) is 24.4 Å². The van der Waals surface area contributed by atoms with Gasteiger partial charge in [0.2, 0.25) is 17.7 Å². The van der Waals surface area contributed by atoms with E-state index in [1.807, 2.05) is 24.3 Å². The molecule has 3 aliphatic rings. The number of fused-ring (bicyclic) bond motifs is 2. The Morgan fingerprint density at radius 2 is 1.62 bits per heavy atom. The summed E-state index contributed by atoms with van der Waals surface area (Å²) in [5.74, 6) is -0.362. The van der Waals surface area contributed by atoms with Crippen LogP contribution >= 0.6 is 0 Å². The molecule has 1 saturated heterocycles. The summed E-state index contributed by atoms with van der Waals surface area (Å²) in [5.41, 5.74) is 15.0. The van der Waals surface area contributed by atoms with Gasteiger partial charge in [0.25, 0.3) is 0 Å². The van der Waals surface area contributed by atoms with Crippen molar-refractivity contribution in [1.82, 2.24) is 30.8 Å². The average Bonchev–Trinajstić information content (AvgIpc) is 3.75. The number of H-pyrrole nitrogens is 1. The van der Waals surface area contributed by atoms with Gasteiger partial charge in [-0.05, 0) is 97.4 Å². The van der Waals surface area contributed by atoms with Crippen LogP contribution in [0.15, 0.2) is 36.4 Å². The molecule has 45 heavy (non-hydrogen) atoms. The first kappa shape index (κ1) is 30.4. The first-order chi connectivity index (χ1) is 21.8. The SMILES string of the molecule is N#C[C@@H]1CCCN1C(=O)CN[C@@H](CC1(c2nn[nH]n2)c2ccc(C(N)=O)cc2CCc2cc(C(N)=O)ccc21)C1CCCCC1. The Bertz CT molecular complexity index is 1560. The van der Waals surface area contributed by atoms with Crippen LogP contribution < -0.4 is 16.8 Å². The maximum atomic E-state index is 13.4. The number of rotatable bonds is 9. The van der Waals surface area contributed by atoms with E-state index in [9.17, 15) is 19.6 Å². The lowest BCUT2D eigenvalue weighted by atomic mass is 9.65. The normalized spacial score (nSPS) is 20.0. The Labute approximate surface area is 261 Å². The highest BCUT2D eigenvalue weighted by Crippen LogP contribution is 2.48. The van der Waals surface area contributed by atoms with E-state index in [0.717, 1.165) is 54.4 Å². The summed E-state index contributed by atoms with van der Waals surface area (Å²) in [6, 6.07) is 12.8. The van der Waals surface area contributed by atoms with Crippen LogP contribution in [0.5, 0.6) is 0 Å². The minimum Gasteiger partial charge on any atom is -0.366 e. The number of aryl methyl sites for hydroxylation is 2. The van der Waals surface area contributed by atoms with E-state index in [1.54, 1.807) is 17.0 Å². The van der Waals surface area contributed by atoms with Crippen molar-refractivity contribution in [2.45, 2.75) is 81.7 Å². The fourth-order valence-electron chi connectivity index (χ4n) is 7.84. The third kappa shape index (κ3) is 5.80. The lowest BCUT2D eigenvalue weighted by Gasteiger charge is -2.40. The van der Waals surface area contributed by atoms with Crippen molar-refractivity contribution >= 4 is 17.7 Å². The van der Waals surface area contributed by atoms with Crippen LogP contribution in [0.25, 0.3) is 0 Å². The van der Waals surface area contributed by atoms with Gasteiger partial charge in [-0.2, -0.15) is 10.5 Å². The van der Waals surface area contributed by atoms with Crippen LogP contribution in [0.1, 0.15) is 100 Å². The number of hydrogen-bond donors (Lipinski definition) is 4. The molecule has 6 N–H and O–H groups in total. The molecule has 2 aliphatic carbocycles. The summed E-state index contributed by atoms with van der Waals surface area (Å²) in [4.78, 5) is 39.6. The number of carbonyl (C=O) groups is 3. The Morgan fingerprint density at radius 3 is 2.18 bits per heavy atom. The smallest absolute Gasteiger partial charge is 0.248 e. The van der Waals surface area contributed by atoms with Gasteiger partial charge < -0.3 is 21.7 Å². The minimum atomic E-state index is -0.943. The molecule has 1 aromatic heterocycles. The molecule has 12 nitrogen and oxygen atoms in total. The van der Waals surface area contributed by atoms with Gasteiger partial charge in [0.15, 0.2) is 5.82 Å². The first-order valence-electron chi connectivity index (χ1n) is 15.8. The highest BCUT2D eigenvalue weighted by atomic mass is 16.2. The van der Waals surface area contributed by atoms with Crippen LogP contribution in [0.3, 0.4) is 0 Å². The lowest BCUT2D eigenvalue weighted by Crippen LogP contribution is -2.49. The fraction of sp³-hybridized carbons (Fsp3) is 0.485. The van der Waals surface area contributed by atoms with Crippen LogP contribution in [-0.4, -0.2) is 68.4 Å². The van der Waals surface area contributed by atoms with Gasteiger partial charge in [-0.1, -0.05) is 36.6 Å². The van der Waals surface area contributed by atoms with E-state index in [0.29, 0.717) is 49.2 Å². The van der Waals surface area contributed by atoms with Crippen molar-refractivity contribution in [3.8, 4) is 6.07 Å². The topological polar surface area (TPSA) is 197 Å². The Hall–Kier alpha value is -4.63. The molecule has 1 saturated carbocycles. The largest absolute Gasteiger partial charge is 0.366 e. The third-order valence-electron chi connectivity index (χ3n) is 10.1. The zero-order valence-corrected chi connectivity index (χ0v) is 25.3. The summed E-state index contributed by atoms with van der Waals surface area (Å²) in [5, 5.41) is 29.0. The molecule has 2 aromatic carbocycles. The minimum absolute atomic E-state index is 0.0765. The van der Waals surface area contributed by atoms with Crippen LogP contribution in [0.4, 0.5) is 0 Å². The molecule has 0 bridgehead atoms. The molecule has 12 heteroatoms. The number of primary amides is 2. The molecule has 0 unspecified atom stereocenters. The Kier molecular flexibility index (Phi) is 8.63. The number of nitrogens with zero attached hydrogens (tertiary/aromatic N) is 5. The first-order valence-corrected chi connectivity index (χ1v) is 15.8. The number of likely N-dealkylation sites (tertiary alicyclic amines) is 1. The lowest BCUT2D eigenvalue weighted by molar-refractivity contribution is -0.130. The maximum Gasteiger partial charge on any atom is 0.248 e. The number of nitriles is 1. The molecular weight excluding hydrogens is 570 g/mol. The van der Waals surface area contributed by atoms with Crippen LogP contribution in [0.2, 0.25) is 0 Å². The van der Waals surface area contributed by atoms with E-state index in [1.165, 1.54) is 6.42 Å². The molecule has 6 rings (SSSR count). The van der Waals surface area contributed by atoms with Crippen molar-refractivity contribution in [2.24, 2.45) is 17.4 Å². The van der Waals surface area contributed by atoms with Gasteiger partial charge in [-0.3, -0.25) is 14.4 Å². The second-order valence-electron chi connectivity index (χ2n) is 12.6. The van der Waals surface area contributed by atoms with Crippen molar-refractivity contribution in [3.63, 3.8) is 0 Å². The van der Waals surface area contributed by atoms with Crippen molar-refractivity contribution in [3.05, 3.63) is 75.6 Å². The van der Waals surface area contributed by atoms with Gasteiger partial charge in [0, 0.05) is 23.7 Å². The Balaban J connectivity index is 1.49. The molecular formula is C33H39N9O3. The molecule has 234 valence electrons. The molecule has 2 atom stereocenters. The summed E-state index contributed by atoms with van der Waals surface area (Å²) >= 11 is 0. The van der Waals surface area contributed by atoms with E-state index >= 15 is 0 Å². The second kappa shape index (κ2) is 12.8. The van der Waals surface area contributed by atoms with Crippen LogP contribution in [-0.2, 0) is 23.1 Å². The van der Waals surface area contributed by atoms with Gasteiger partial charge >= 0.3 is 0 Å². The predicted molar refractivity (Wildman–Crippen MR) is 165 cm³/mol. The molecule has 3 amide bonds. The van der Waals surface area contributed by atoms with Crippen molar-refractivity contribution < 1.29 is 14.4 Å². The van der Waals surface area contributed by atoms with Crippen molar-refractivity contribution in [1.29, 1.82) is 5.26 Å². The van der Waals surface area contributed by atoms with Crippen molar-refractivity contribution in [2.75, 3.05) is 13.1 Å². The van der Waals surface area contributed by atoms with Crippen LogP contribution in [0, 0.1) is 17.2 Å². The monoisotopic (exact) mass is 609 g/mol. The number of amides is 3. The number of aromatic nitrogens is 4. The predicted octanol–water partition coefficient (Wildman–Crippen LogP) is 2.27. The van der Waals surface area contributed by atoms with E-state index in [2.05, 4.69) is 32.0 Å². The zero-order chi connectivity index (χ0) is 31.6. The summed E-state index contributed by atoms with van der Waals surface area (Å²) < 4.78 is 0. The van der Waals surface area contributed by atoms with E-state index in [4.69, 9.17) is 11.5 Å². The number of nitrogens with one attached hydrogen (secondary N) is 2.